The Balaban J connectivity index is 3.33. The summed E-state index contributed by atoms with van der Waals surface area (Å²) < 4.78 is 52.6. The molecule has 18 heavy (non-hydrogen) atoms. The lowest BCUT2D eigenvalue weighted by molar-refractivity contribution is -0.0403. The molecule has 0 fully saturated rings. The van der Waals surface area contributed by atoms with Gasteiger partial charge in [-0.25, -0.2) is 8.57 Å². The van der Waals surface area contributed by atoms with Gasteiger partial charge in [0, 0.05) is 12.6 Å². The van der Waals surface area contributed by atoms with Gasteiger partial charge in [-0.3, -0.25) is 0 Å². The van der Waals surface area contributed by atoms with Crippen molar-refractivity contribution in [2.45, 2.75) is 10.4 Å². The topological polar surface area (TPSA) is 88.0 Å². The highest BCUT2D eigenvalue weighted by Crippen LogP contribution is 2.32. The van der Waals surface area contributed by atoms with E-state index >= 15 is 0 Å². The molecule has 0 bridgehead atoms. The molecule has 0 aliphatic heterocycles. The molecule has 3 N–H and O–H groups in total. The summed E-state index contributed by atoms with van der Waals surface area (Å²) in [5.41, 5.74) is 0.506. The fourth-order valence-electron chi connectivity index (χ4n) is 1.21. The summed E-state index contributed by atoms with van der Waals surface area (Å²) in [6.45, 7) is 0. The van der Waals surface area contributed by atoms with Gasteiger partial charge in [0.2, 0.25) is 0 Å². The van der Waals surface area contributed by atoms with Crippen LogP contribution in [0.15, 0.2) is 38.7 Å². The molecule has 5 nitrogen and oxygen atoms in total. The van der Waals surface area contributed by atoms with E-state index < -0.39 is 20.1 Å². The molecule has 1 aromatic rings. The van der Waals surface area contributed by atoms with Crippen LogP contribution in [-0.4, -0.2) is 27.8 Å². The predicted molar refractivity (Wildman–Crippen MR) is 59.8 cm³/mol. The Bertz CT molecular complexity index is 572. The molecular weight excluding hydrogens is 271 g/mol. The number of hydrogen-bond acceptors (Lipinski definition) is 4. The monoisotopic (exact) mass is 281 g/mol. The van der Waals surface area contributed by atoms with Crippen LogP contribution in [0.25, 0.3) is 0 Å². The minimum absolute atomic E-state index is 0.210. The second-order valence-corrected chi connectivity index (χ2v) is 5.51. The SMILES string of the molecule is CN=S(=O)(c1ccc(/C(N)=N\O)cc1)C(F)(F)F. The molecule has 0 aliphatic rings. The summed E-state index contributed by atoms with van der Waals surface area (Å²) in [6.07, 6.45) is 0. The average Bonchev–Trinajstić information content (AvgIpc) is 2.35. The summed E-state index contributed by atoms with van der Waals surface area (Å²) in [5.74, 6) is -0.256. The third-order valence-corrected chi connectivity index (χ3v) is 4.20. The zero-order valence-corrected chi connectivity index (χ0v) is 10.00. The van der Waals surface area contributed by atoms with Crippen molar-refractivity contribution in [3.8, 4) is 0 Å². The third-order valence-electron chi connectivity index (χ3n) is 2.15. The summed E-state index contributed by atoms with van der Waals surface area (Å²) in [5, 5.41) is 11.1. The molecule has 0 amide bonds. The average molecular weight is 281 g/mol. The van der Waals surface area contributed by atoms with Crippen LogP contribution in [0.2, 0.25) is 0 Å². The molecule has 0 saturated carbocycles. The Morgan fingerprint density at radius 1 is 1.33 bits per heavy atom. The van der Waals surface area contributed by atoms with Crippen molar-refractivity contribution in [1.82, 2.24) is 0 Å². The van der Waals surface area contributed by atoms with Crippen molar-refractivity contribution in [2.75, 3.05) is 7.05 Å². The van der Waals surface area contributed by atoms with Gasteiger partial charge < -0.3 is 10.9 Å². The molecule has 0 radical (unpaired) electrons. The fourth-order valence-corrected chi connectivity index (χ4v) is 2.40. The van der Waals surface area contributed by atoms with Crippen LogP contribution in [0.1, 0.15) is 5.56 Å². The highest BCUT2D eigenvalue weighted by Gasteiger charge is 2.44. The van der Waals surface area contributed by atoms with Gasteiger partial charge in [-0.2, -0.15) is 13.2 Å². The van der Waals surface area contributed by atoms with Crippen LogP contribution in [0, 0.1) is 0 Å². The molecule has 0 saturated heterocycles. The van der Waals surface area contributed by atoms with Crippen LogP contribution in [-0.2, 0) is 9.73 Å². The van der Waals surface area contributed by atoms with E-state index in [1.165, 1.54) is 12.1 Å². The fraction of sp³-hybridized carbons (Fsp3) is 0.222. The van der Waals surface area contributed by atoms with Crippen LogP contribution >= 0.6 is 0 Å². The van der Waals surface area contributed by atoms with E-state index in [1.54, 1.807) is 0 Å². The lowest BCUT2D eigenvalue weighted by Crippen LogP contribution is -2.23. The van der Waals surface area contributed by atoms with Crippen LogP contribution < -0.4 is 5.73 Å². The zero-order valence-electron chi connectivity index (χ0n) is 9.18. The van der Waals surface area contributed by atoms with Gasteiger partial charge in [0.15, 0.2) is 15.6 Å². The largest absolute Gasteiger partial charge is 0.483 e. The Kier molecular flexibility index (Phi) is 3.85. The first kappa shape index (κ1) is 14.3. The first-order chi connectivity index (χ1) is 8.26. The quantitative estimate of drug-likeness (QED) is 0.374. The number of benzene rings is 1. The number of alkyl halides is 3. The van der Waals surface area contributed by atoms with Crippen molar-refractivity contribution in [1.29, 1.82) is 0 Å². The van der Waals surface area contributed by atoms with Crippen molar-refractivity contribution >= 4 is 15.6 Å². The van der Waals surface area contributed by atoms with E-state index in [4.69, 9.17) is 10.9 Å². The summed E-state index contributed by atoms with van der Waals surface area (Å²) in [4.78, 5) is -0.480. The van der Waals surface area contributed by atoms with Gasteiger partial charge in [0.25, 0.3) is 0 Å². The molecule has 0 aliphatic carbocycles. The number of amidine groups is 1. The second kappa shape index (κ2) is 4.84. The van der Waals surface area contributed by atoms with Gasteiger partial charge in [-0.1, -0.05) is 5.16 Å². The van der Waals surface area contributed by atoms with Gasteiger partial charge >= 0.3 is 5.51 Å². The molecule has 1 rings (SSSR count). The molecule has 1 unspecified atom stereocenters. The minimum Gasteiger partial charge on any atom is -0.409 e. The Hall–Kier alpha value is -1.77. The molecule has 0 spiro atoms. The Labute approximate surface area is 101 Å². The molecular formula is C9H10F3N3O2S. The number of nitrogens with zero attached hydrogens (tertiary/aromatic N) is 2. The number of oxime groups is 1. The Morgan fingerprint density at radius 3 is 2.17 bits per heavy atom. The predicted octanol–water partition coefficient (Wildman–Crippen LogP) is 1.76. The van der Waals surface area contributed by atoms with Gasteiger partial charge in [-0.15, -0.1) is 0 Å². The normalized spacial score (nSPS) is 16.1. The standard InChI is InChI=1S/C9H10F3N3O2S/c1-14-18(17,9(10,11)12)7-4-2-6(3-5-7)8(13)15-16/h2-5,16H,1H3,(H2,13,15). The molecule has 9 heteroatoms. The summed E-state index contributed by atoms with van der Waals surface area (Å²) in [6, 6.07) is 4.30. The second-order valence-electron chi connectivity index (χ2n) is 3.16. The maximum Gasteiger partial charge on any atom is 0.483 e. The van der Waals surface area contributed by atoms with E-state index in [2.05, 4.69) is 9.52 Å². The summed E-state index contributed by atoms with van der Waals surface area (Å²) >= 11 is 0. The lowest BCUT2D eigenvalue weighted by atomic mass is 10.2. The van der Waals surface area contributed by atoms with Crippen LogP contribution in [0.4, 0.5) is 13.2 Å². The van der Waals surface area contributed by atoms with Crippen LogP contribution in [0.3, 0.4) is 0 Å². The number of rotatable bonds is 2. The van der Waals surface area contributed by atoms with Crippen LogP contribution in [0.5, 0.6) is 0 Å². The van der Waals surface area contributed by atoms with E-state index in [9.17, 15) is 17.4 Å². The lowest BCUT2D eigenvalue weighted by Gasteiger charge is -2.13. The molecule has 0 heterocycles. The highest BCUT2D eigenvalue weighted by molar-refractivity contribution is 7.94. The number of hydrogen-bond donors (Lipinski definition) is 2. The molecule has 100 valence electrons. The number of nitrogens with two attached hydrogens (primary N) is 1. The van der Waals surface area contributed by atoms with Gasteiger partial charge in [0.1, 0.15) is 0 Å². The highest BCUT2D eigenvalue weighted by atomic mass is 32.2. The molecule has 1 aromatic carbocycles. The van der Waals surface area contributed by atoms with Gasteiger partial charge in [-0.05, 0) is 24.3 Å². The van der Waals surface area contributed by atoms with E-state index in [1.807, 2.05) is 0 Å². The minimum atomic E-state index is -4.96. The Morgan fingerprint density at radius 2 is 1.83 bits per heavy atom. The maximum atomic E-state index is 12.7. The number of halogens is 3. The van der Waals surface area contributed by atoms with Crippen molar-refractivity contribution in [3.63, 3.8) is 0 Å². The van der Waals surface area contributed by atoms with E-state index in [-0.39, 0.29) is 11.4 Å². The molecule has 1 atom stereocenters. The first-order valence-corrected chi connectivity index (χ1v) is 6.07. The summed E-state index contributed by atoms with van der Waals surface area (Å²) in [7, 11) is -3.65. The zero-order chi connectivity index (χ0) is 14.0. The van der Waals surface area contributed by atoms with Gasteiger partial charge in [0.05, 0.1) is 4.90 Å². The van der Waals surface area contributed by atoms with E-state index in [0.29, 0.717) is 0 Å². The smallest absolute Gasteiger partial charge is 0.409 e. The first-order valence-electron chi connectivity index (χ1n) is 4.56. The molecule has 0 aromatic heterocycles. The van der Waals surface area contributed by atoms with Crippen molar-refractivity contribution in [3.05, 3.63) is 29.8 Å². The third kappa shape index (κ3) is 2.40. The van der Waals surface area contributed by atoms with E-state index in [0.717, 1.165) is 19.2 Å². The maximum absolute atomic E-state index is 12.7. The van der Waals surface area contributed by atoms with Crippen molar-refractivity contribution in [2.24, 2.45) is 15.3 Å². The van der Waals surface area contributed by atoms with Crippen molar-refractivity contribution < 1.29 is 22.6 Å².